The van der Waals surface area contributed by atoms with Crippen LogP contribution in [0.25, 0.3) is 10.2 Å². The number of benzene rings is 1. The smallest absolute Gasteiger partial charge is 0.238 e. The van der Waals surface area contributed by atoms with E-state index in [0.717, 1.165) is 10.2 Å². The van der Waals surface area contributed by atoms with Crippen LogP contribution in [0.1, 0.15) is 20.8 Å². The van der Waals surface area contributed by atoms with Crippen LogP contribution >= 0.6 is 11.3 Å². The normalized spacial score (nSPS) is 13.3. The fourth-order valence-corrected chi connectivity index (χ4v) is 3.16. The molecule has 0 saturated heterocycles. The van der Waals surface area contributed by atoms with E-state index >= 15 is 0 Å². The second-order valence-electron chi connectivity index (χ2n) is 5.40. The Bertz CT molecular complexity index is 674. The second kappa shape index (κ2) is 5.49. The molecule has 2 rings (SSSR count). The maximum absolute atomic E-state index is 11.9. The van der Waals surface area contributed by atoms with Crippen molar-refractivity contribution in [1.29, 1.82) is 0 Å². The first kappa shape index (κ1) is 14.9. The van der Waals surface area contributed by atoms with Gasteiger partial charge in [0.05, 0.1) is 10.2 Å². The molecule has 2 aromatic rings. The van der Waals surface area contributed by atoms with Gasteiger partial charge in [0.25, 0.3) is 0 Å². The molecule has 0 saturated carbocycles. The van der Waals surface area contributed by atoms with Crippen molar-refractivity contribution in [3.8, 4) is 0 Å². The minimum atomic E-state index is -1.22. The monoisotopic (exact) mass is 311 g/mol. The van der Waals surface area contributed by atoms with Crippen LogP contribution in [-0.4, -0.2) is 25.6 Å². The molecule has 0 aliphatic heterocycles. The van der Waals surface area contributed by atoms with Gasteiger partial charge in [-0.2, -0.15) is 0 Å². The highest BCUT2D eigenvalue weighted by Crippen LogP contribution is 2.27. The van der Waals surface area contributed by atoms with Crippen LogP contribution in [0.3, 0.4) is 0 Å². The number of rotatable bonds is 3. The van der Waals surface area contributed by atoms with Crippen molar-refractivity contribution >= 4 is 49.1 Å². The molecule has 1 aromatic carbocycles. The van der Waals surface area contributed by atoms with Crippen LogP contribution in [0.5, 0.6) is 0 Å². The van der Waals surface area contributed by atoms with Crippen LogP contribution in [-0.2, 0) is 15.6 Å². The summed E-state index contributed by atoms with van der Waals surface area (Å²) in [6.45, 7) is 5.53. The van der Waals surface area contributed by atoms with Gasteiger partial charge in [-0.1, -0.05) is 11.3 Å². The van der Waals surface area contributed by atoms with E-state index in [-0.39, 0.29) is 11.7 Å². The molecule has 1 aromatic heterocycles. The zero-order chi connectivity index (χ0) is 14.9. The SMILES string of the molecule is CC(C)(C)S(=O)CC(=O)Nc1nc2ccc(N)cc2s1. The fourth-order valence-electron chi connectivity index (χ4n) is 1.49. The summed E-state index contributed by atoms with van der Waals surface area (Å²) in [5.41, 5.74) is 7.15. The molecule has 5 nitrogen and oxygen atoms in total. The number of nitrogen functional groups attached to an aromatic ring is 1. The summed E-state index contributed by atoms with van der Waals surface area (Å²) < 4.78 is 12.4. The summed E-state index contributed by atoms with van der Waals surface area (Å²) in [5.74, 6) is -0.313. The number of anilines is 2. The summed E-state index contributed by atoms with van der Waals surface area (Å²) in [6, 6.07) is 5.39. The molecule has 1 unspecified atom stereocenters. The third kappa shape index (κ3) is 3.55. The number of hydrogen-bond acceptors (Lipinski definition) is 5. The number of fused-ring (bicyclic) bond motifs is 1. The number of carbonyl (C=O) groups is 1. The first-order chi connectivity index (χ1) is 9.25. The van der Waals surface area contributed by atoms with Crippen molar-refractivity contribution in [2.45, 2.75) is 25.5 Å². The number of nitrogens with zero attached hydrogens (tertiary/aromatic N) is 1. The molecule has 1 amide bonds. The number of nitrogens with one attached hydrogen (secondary N) is 1. The number of thiazole rings is 1. The van der Waals surface area contributed by atoms with Crippen molar-refractivity contribution in [1.82, 2.24) is 4.98 Å². The Morgan fingerprint density at radius 3 is 2.80 bits per heavy atom. The van der Waals surface area contributed by atoms with Gasteiger partial charge in [0.1, 0.15) is 5.75 Å². The first-order valence-corrected chi connectivity index (χ1v) is 8.23. The Balaban J connectivity index is 2.08. The van der Waals surface area contributed by atoms with Crippen LogP contribution in [0.2, 0.25) is 0 Å². The largest absolute Gasteiger partial charge is 0.399 e. The number of aromatic nitrogens is 1. The lowest BCUT2D eigenvalue weighted by Crippen LogP contribution is -2.30. The van der Waals surface area contributed by atoms with E-state index in [1.54, 1.807) is 6.07 Å². The summed E-state index contributed by atoms with van der Waals surface area (Å²) >= 11 is 1.35. The number of hydrogen-bond donors (Lipinski definition) is 2. The number of carbonyl (C=O) groups excluding carboxylic acids is 1. The Labute approximate surface area is 124 Å². The van der Waals surface area contributed by atoms with Crippen molar-refractivity contribution in [2.24, 2.45) is 0 Å². The van der Waals surface area contributed by atoms with Gasteiger partial charge in [-0.05, 0) is 39.0 Å². The van der Waals surface area contributed by atoms with Crippen LogP contribution < -0.4 is 11.1 Å². The second-order valence-corrected chi connectivity index (χ2v) is 8.63. The van der Waals surface area contributed by atoms with E-state index in [1.807, 2.05) is 32.9 Å². The van der Waals surface area contributed by atoms with E-state index in [2.05, 4.69) is 10.3 Å². The highest BCUT2D eigenvalue weighted by atomic mass is 32.2. The molecule has 1 heterocycles. The summed E-state index contributed by atoms with van der Waals surface area (Å²) in [4.78, 5) is 16.1. The zero-order valence-corrected chi connectivity index (χ0v) is 13.2. The summed E-state index contributed by atoms with van der Waals surface area (Å²) in [7, 11) is -1.22. The number of amides is 1. The third-order valence-corrected chi connectivity index (χ3v) is 5.43. The summed E-state index contributed by atoms with van der Waals surface area (Å²) in [5, 5.41) is 3.19. The molecule has 0 spiro atoms. The Morgan fingerprint density at radius 1 is 1.45 bits per heavy atom. The van der Waals surface area contributed by atoms with Crippen molar-refractivity contribution < 1.29 is 9.00 Å². The minimum absolute atomic E-state index is 0.0262. The van der Waals surface area contributed by atoms with E-state index in [0.29, 0.717) is 10.8 Å². The average Bonchev–Trinajstić information content (AvgIpc) is 2.68. The molecule has 0 bridgehead atoms. The molecule has 1 atom stereocenters. The van der Waals surface area contributed by atoms with Gasteiger partial charge >= 0.3 is 0 Å². The third-order valence-electron chi connectivity index (χ3n) is 2.60. The van der Waals surface area contributed by atoms with Gasteiger partial charge in [-0.15, -0.1) is 0 Å². The van der Waals surface area contributed by atoms with Gasteiger partial charge in [0.15, 0.2) is 5.13 Å². The molecule has 0 fully saturated rings. The van der Waals surface area contributed by atoms with Gasteiger partial charge < -0.3 is 11.1 Å². The lowest BCUT2D eigenvalue weighted by atomic mass is 10.3. The maximum Gasteiger partial charge on any atom is 0.238 e. The molecular formula is C13H17N3O2S2. The topological polar surface area (TPSA) is 85.1 Å². The summed E-state index contributed by atoms with van der Waals surface area (Å²) in [6.07, 6.45) is 0. The molecule has 7 heteroatoms. The van der Waals surface area contributed by atoms with Crippen molar-refractivity contribution in [2.75, 3.05) is 16.8 Å². The molecule has 108 valence electrons. The quantitative estimate of drug-likeness (QED) is 0.852. The minimum Gasteiger partial charge on any atom is -0.399 e. The van der Waals surface area contributed by atoms with E-state index < -0.39 is 15.5 Å². The molecule has 20 heavy (non-hydrogen) atoms. The standard InChI is InChI=1S/C13H17N3O2S2/c1-13(2,3)20(18)7-11(17)16-12-15-9-5-4-8(14)6-10(9)19-12/h4-6H,7,14H2,1-3H3,(H,15,16,17). The molecule has 0 radical (unpaired) electrons. The van der Waals surface area contributed by atoms with Gasteiger partial charge in [-0.3, -0.25) is 9.00 Å². The van der Waals surface area contributed by atoms with Crippen molar-refractivity contribution in [3.05, 3.63) is 18.2 Å². The Hall–Kier alpha value is -1.47. The van der Waals surface area contributed by atoms with Gasteiger partial charge in [-0.25, -0.2) is 4.98 Å². The Kier molecular flexibility index (Phi) is 4.10. The van der Waals surface area contributed by atoms with E-state index in [4.69, 9.17) is 5.73 Å². The average molecular weight is 311 g/mol. The maximum atomic E-state index is 11.9. The fraction of sp³-hybridized carbons (Fsp3) is 0.385. The van der Waals surface area contributed by atoms with Gasteiger partial charge in [0, 0.05) is 21.2 Å². The van der Waals surface area contributed by atoms with Crippen LogP contribution in [0.15, 0.2) is 18.2 Å². The Morgan fingerprint density at radius 2 is 2.15 bits per heavy atom. The van der Waals surface area contributed by atoms with E-state index in [9.17, 15) is 9.00 Å². The van der Waals surface area contributed by atoms with Crippen molar-refractivity contribution in [3.63, 3.8) is 0 Å². The molecule has 0 aliphatic carbocycles. The van der Waals surface area contributed by atoms with Crippen LogP contribution in [0.4, 0.5) is 10.8 Å². The zero-order valence-electron chi connectivity index (χ0n) is 11.6. The highest BCUT2D eigenvalue weighted by molar-refractivity contribution is 7.87. The van der Waals surface area contributed by atoms with Gasteiger partial charge in [0.2, 0.25) is 5.91 Å². The van der Waals surface area contributed by atoms with Crippen LogP contribution in [0, 0.1) is 0 Å². The molecule has 0 aliphatic rings. The lowest BCUT2D eigenvalue weighted by molar-refractivity contribution is -0.113. The molecular weight excluding hydrogens is 294 g/mol. The number of nitrogens with two attached hydrogens (primary N) is 1. The lowest BCUT2D eigenvalue weighted by Gasteiger charge is -2.16. The first-order valence-electron chi connectivity index (χ1n) is 6.10. The molecule has 3 N–H and O–H groups in total. The predicted molar refractivity (Wildman–Crippen MR) is 85.4 cm³/mol. The van der Waals surface area contributed by atoms with E-state index in [1.165, 1.54) is 11.3 Å². The predicted octanol–water partition coefficient (Wildman–Crippen LogP) is 2.36. The highest BCUT2D eigenvalue weighted by Gasteiger charge is 2.22.